The lowest BCUT2D eigenvalue weighted by Gasteiger charge is -2.12. The number of nitrogen functional groups attached to an aromatic ring is 1. The zero-order valence-electron chi connectivity index (χ0n) is 10.9. The Kier molecular flexibility index (Phi) is 3.46. The molecule has 0 amide bonds. The topological polar surface area (TPSA) is 61.0 Å². The Hall–Kier alpha value is -2.10. The minimum atomic E-state index is 0.509. The molecule has 94 valence electrons. The van der Waals surface area contributed by atoms with Crippen LogP contribution in [0.15, 0.2) is 24.5 Å². The molecule has 0 bridgehead atoms. The molecule has 0 unspecified atom stereocenters. The van der Waals surface area contributed by atoms with Crippen molar-refractivity contribution in [3.63, 3.8) is 0 Å². The number of aromatic nitrogens is 2. The van der Waals surface area contributed by atoms with Gasteiger partial charge in [0.15, 0.2) is 0 Å². The third-order valence-corrected chi connectivity index (χ3v) is 2.84. The lowest BCUT2D eigenvalue weighted by molar-refractivity contribution is 0.340. The van der Waals surface area contributed by atoms with Gasteiger partial charge in [-0.25, -0.2) is 9.97 Å². The monoisotopic (exact) mass is 243 g/mol. The van der Waals surface area contributed by atoms with Gasteiger partial charge in [-0.3, -0.25) is 0 Å². The van der Waals surface area contributed by atoms with E-state index in [0.717, 1.165) is 28.1 Å². The van der Waals surface area contributed by atoms with E-state index in [2.05, 4.69) is 9.97 Å². The number of aryl methyl sites for hydroxylation is 2. The van der Waals surface area contributed by atoms with Crippen molar-refractivity contribution >= 4 is 5.82 Å². The molecule has 0 atom stereocenters. The average molecular weight is 243 g/mol. The molecule has 4 nitrogen and oxygen atoms in total. The lowest BCUT2D eigenvalue weighted by atomic mass is 9.99. The van der Waals surface area contributed by atoms with Crippen molar-refractivity contribution in [2.45, 2.75) is 20.8 Å². The quantitative estimate of drug-likeness (QED) is 0.900. The molecule has 18 heavy (non-hydrogen) atoms. The van der Waals surface area contributed by atoms with Gasteiger partial charge in [-0.05, 0) is 44.0 Å². The van der Waals surface area contributed by atoms with Crippen molar-refractivity contribution in [2.75, 3.05) is 12.3 Å². The fourth-order valence-corrected chi connectivity index (χ4v) is 2.00. The normalized spacial score (nSPS) is 10.4. The smallest absolute Gasteiger partial charge is 0.134 e. The van der Waals surface area contributed by atoms with Gasteiger partial charge in [0, 0.05) is 5.56 Å². The molecule has 1 aromatic heterocycles. The van der Waals surface area contributed by atoms with Crippen LogP contribution in [0, 0.1) is 13.8 Å². The van der Waals surface area contributed by atoms with Gasteiger partial charge in [-0.15, -0.1) is 0 Å². The van der Waals surface area contributed by atoms with E-state index in [-0.39, 0.29) is 0 Å². The van der Waals surface area contributed by atoms with E-state index >= 15 is 0 Å². The van der Waals surface area contributed by atoms with Gasteiger partial charge in [0.05, 0.1) is 12.3 Å². The predicted octanol–water partition coefficient (Wildman–Crippen LogP) is 2.74. The first kappa shape index (κ1) is 12.4. The number of benzene rings is 1. The second-order valence-corrected chi connectivity index (χ2v) is 4.13. The summed E-state index contributed by atoms with van der Waals surface area (Å²) in [5.41, 5.74) is 9.87. The van der Waals surface area contributed by atoms with Crippen molar-refractivity contribution < 1.29 is 4.74 Å². The molecule has 0 saturated heterocycles. The molecule has 2 rings (SSSR count). The summed E-state index contributed by atoms with van der Waals surface area (Å²) in [5, 5.41) is 0. The summed E-state index contributed by atoms with van der Waals surface area (Å²) < 4.78 is 5.48. The molecule has 0 fully saturated rings. The number of ether oxygens (including phenoxy) is 1. The highest BCUT2D eigenvalue weighted by molar-refractivity contribution is 5.78. The first-order chi connectivity index (χ1) is 8.63. The summed E-state index contributed by atoms with van der Waals surface area (Å²) in [5.74, 6) is 1.38. The minimum Gasteiger partial charge on any atom is -0.494 e. The molecule has 1 heterocycles. The van der Waals surface area contributed by atoms with Crippen LogP contribution < -0.4 is 10.5 Å². The van der Waals surface area contributed by atoms with Gasteiger partial charge >= 0.3 is 0 Å². The van der Waals surface area contributed by atoms with Crippen LogP contribution in [0.1, 0.15) is 18.2 Å². The van der Waals surface area contributed by atoms with Crippen LogP contribution in [-0.4, -0.2) is 16.6 Å². The van der Waals surface area contributed by atoms with Crippen LogP contribution in [0.4, 0.5) is 5.82 Å². The lowest BCUT2D eigenvalue weighted by Crippen LogP contribution is -2.00. The molecular formula is C14H17N3O. The molecule has 4 heteroatoms. The van der Waals surface area contributed by atoms with E-state index in [9.17, 15) is 0 Å². The van der Waals surface area contributed by atoms with Crippen LogP contribution in [0.3, 0.4) is 0 Å². The molecule has 0 saturated carbocycles. The Bertz CT molecular complexity index is 547. The summed E-state index contributed by atoms with van der Waals surface area (Å²) in [4.78, 5) is 8.25. The SMILES string of the molecule is CCOc1ccc(-c2c(C)ncnc2N)c(C)c1. The minimum absolute atomic E-state index is 0.509. The van der Waals surface area contributed by atoms with Gasteiger partial charge < -0.3 is 10.5 Å². The van der Waals surface area contributed by atoms with Crippen molar-refractivity contribution in [2.24, 2.45) is 0 Å². The Balaban J connectivity index is 2.51. The molecule has 0 spiro atoms. The largest absolute Gasteiger partial charge is 0.494 e. The van der Waals surface area contributed by atoms with Crippen molar-refractivity contribution in [1.29, 1.82) is 0 Å². The summed E-state index contributed by atoms with van der Waals surface area (Å²) >= 11 is 0. The summed E-state index contributed by atoms with van der Waals surface area (Å²) in [7, 11) is 0. The van der Waals surface area contributed by atoms with Crippen LogP contribution in [0.25, 0.3) is 11.1 Å². The maximum Gasteiger partial charge on any atom is 0.134 e. The number of hydrogen-bond acceptors (Lipinski definition) is 4. The van der Waals surface area contributed by atoms with E-state index in [1.54, 1.807) is 0 Å². The van der Waals surface area contributed by atoms with E-state index in [0.29, 0.717) is 12.4 Å². The van der Waals surface area contributed by atoms with Crippen molar-refractivity contribution in [3.8, 4) is 16.9 Å². The maximum absolute atomic E-state index is 5.94. The van der Waals surface area contributed by atoms with Crippen LogP contribution in [0.5, 0.6) is 5.75 Å². The fraction of sp³-hybridized carbons (Fsp3) is 0.286. The van der Waals surface area contributed by atoms with E-state index < -0.39 is 0 Å². The van der Waals surface area contributed by atoms with Crippen molar-refractivity contribution in [3.05, 3.63) is 35.8 Å². The van der Waals surface area contributed by atoms with Gasteiger partial charge in [-0.2, -0.15) is 0 Å². The van der Waals surface area contributed by atoms with Gasteiger partial charge in [0.2, 0.25) is 0 Å². The first-order valence-electron chi connectivity index (χ1n) is 5.94. The molecule has 2 aromatic rings. The molecule has 1 aromatic carbocycles. The van der Waals surface area contributed by atoms with Crippen LogP contribution >= 0.6 is 0 Å². The number of hydrogen-bond donors (Lipinski definition) is 1. The first-order valence-corrected chi connectivity index (χ1v) is 5.94. The highest BCUT2D eigenvalue weighted by Gasteiger charge is 2.11. The van der Waals surface area contributed by atoms with E-state index in [1.165, 1.54) is 6.33 Å². The molecule has 2 N–H and O–H groups in total. The van der Waals surface area contributed by atoms with Gasteiger partial charge in [0.25, 0.3) is 0 Å². The maximum atomic E-state index is 5.94. The van der Waals surface area contributed by atoms with Crippen molar-refractivity contribution in [1.82, 2.24) is 9.97 Å². The highest BCUT2D eigenvalue weighted by atomic mass is 16.5. The van der Waals surface area contributed by atoms with Gasteiger partial charge in [0.1, 0.15) is 17.9 Å². The number of anilines is 1. The average Bonchev–Trinajstić information content (AvgIpc) is 2.32. The second kappa shape index (κ2) is 5.04. The summed E-state index contributed by atoms with van der Waals surface area (Å²) in [6.45, 7) is 6.60. The van der Waals surface area contributed by atoms with E-state index in [4.69, 9.17) is 10.5 Å². The van der Waals surface area contributed by atoms with Crippen LogP contribution in [0.2, 0.25) is 0 Å². The Morgan fingerprint density at radius 2 is 2.00 bits per heavy atom. The third-order valence-electron chi connectivity index (χ3n) is 2.84. The van der Waals surface area contributed by atoms with Gasteiger partial charge in [-0.1, -0.05) is 6.07 Å². The summed E-state index contributed by atoms with van der Waals surface area (Å²) in [6.07, 6.45) is 1.48. The fourth-order valence-electron chi connectivity index (χ4n) is 2.00. The predicted molar refractivity (Wildman–Crippen MR) is 72.5 cm³/mol. The second-order valence-electron chi connectivity index (χ2n) is 4.13. The molecular weight excluding hydrogens is 226 g/mol. The number of nitrogens with two attached hydrogens (primary N) is 1. The summed E-state index contributed by atoms with van der Waals surface area (Å²) in [6, 6.07) is 5.95. The number of nitrogens with zero attached hydrogens (tertiary/aromatic N) is 2. The Labute approximate surface area is 107 Å². The third kappa shape index (κ3) is 2.27. The molecule has 0 aliphatic carbocycles. The Morgan fingerprint density at radius 3 is 2.61 bits per heavy atom. The Morgan fingerprint density at radius 1 is 1.22 bits per heavy atom. The zero-order chi connectivity index (χ0) is 13.1. The molecule has 0 aliphatic rings. The highest BCUT2D eigenvalue weighted by Crippen LogP contribution is 2.31. The zero-order valence-corrected chi connectivity index (χ0v) is 10.9. The van der Waals surface area contributed by atoms with E-state index in [1.807, 2.05) is 39.0 Å². The molecule has 0 aliphatic heterocycles. The standard InChI is InChI=1S/C14H17N3O/c1-4-18-11-5-6-12(9(2)7-11)13-10(3)16-8-17-14(13)15/h5-8H,4H2,1-3H3,(H2,15,16,17). The number of rotatable bonds is 3. The van der Waals surface area contributed by atoms with Crippen LogP contribution in [-0.2, 0) is 0 Å². The molecule has 0 radical (unpaired) electrons.